The standard InChI is InChI=1S/C8H8FO2P/c1-5-2-3-6-7(4-5)11-8(9,12)10-6/h2-4H,12H2,1H3/t8-/m1/s1. The van der Waals surface area contributed by atoms with Crippen molar-refractivity contribution in [3.8, 4) is 11.5 Å². The molecule has 0 fully saturated rings. The molecule has 1 aromatic carbocycles. The van der Waals surface area contributed by atoms with Crippen molar-refractivity contribution >= 4 is 9.24 Å². The Balaban J connectivity index is 2.43. The van der Waals surface area contributed by atoms with Crippen molar-refractivity contribution in [3.63, 3.8) is 0 Å². The molecule has 64 valence electrons. The smallest absolute Gasteiger partial charge is 0.418 e. The number of hydrogen-bond donors (Lipinski definition) is 0. The Morgan fingerprint density at radius 2 is 2.00 bits per heavy atom. The van der Waals surface area contributed by atoms with Crippen LogP contribution >= 0.6 is 9.24 Å². The number of aryl methyl sites for hydroxylation is 1. The summed E-state index contributed by atoms with van der Waals surface area (Å²) < 4.78 is 22.7. The normalized spacial score (nSPS) is 25.9. The summed E-state index contributed by atoms with van der Waals surface area (Å²) in [7, 11) is 1.86. The highest BCUT2D eigenvalue weighted by Crippen LogP contribution is 2.43. The molecular weight excluding hydrogens is 178 g/mol. The van der Waals surface area contributed by atoms with Crippen LogP contribution in [0.3, 0.4) is 0 Å². The van der Waals surface area contributed by atoms with Crippen molar-refractivity contribution < 1.29 is 13.9 Å². The molecule has 1 unspecified atom stereocenters. The molecule has 0 aliphatic carbocycles. The SMILES string of the molecule is Cc1ccc2c(c1)O[C@](F)(P)O2. The zero-order valence-corrected chi connectivity index (χ0v) is 7.66. The van der Waals surface area contributed by atoms with Gasteiger partial charge in [-0.2, -0.15) is 4.39 Å². The van der Waals surface area contributed by atoms with Gasteiger partial charge in [-0.1, -0.05) is 6.07 Å². The molecular formula is C8H8FO2P. The molecule has 1 heterocycles. The van der Waals surface area contributed by atoms with Crippen LogP contribution in [-0.4, -0.2) is 5.78 Å². The summed E-state index contributed by atoms with van der Waals surface area (Å²) in [5, 5.41) is 0. The summed E-state index contributed by atoms with van der Waals surface area (Å²) in [5.41, 5.74) is 1.01. The average Bonchev–Trinajstić information content (AvgIpc) is 2.21. The summed E-state index contributed by atoms with van der Waals surface area (Å²) in [5.74, 6) is -1.19. The highest BCUT2D eigenvalue weighted by molar-refractivity contribution is 7.18. The van der Waals surface area contributed by atoms with Crippen molar-refractivity contribution in [1.29, 1.82) is 0 Å². The zero-order chi connectivity index (χ0) is 8.77. The number of hydrogen-bond acceptors (Lipinski definition) is 2. The lowest BCUT2D eigenvalue weighted by Crippen LogP contribution is -2.23. The van der Waals surface area contributed by atoms with E-state index in [0.29, 0.717) is 11.5 Å². The fourth-order valence-electron chi connectivity index (χ4n) is 1.10. The number of alkyl halides is 1. The van der Waals surface area contributed by atoms with E-state index in [4.69, 9.17) is 9.47 Å². The molecule has 0 saturated carbocycles. The number of benzene rings is 1. The molecule has 2 nitrogen and oxygen atoms in total. The summed E-state index contributed by atoms with van der Waals surface area (Å²) in [6.45, 7) is 1.91. The Bertz CT molecular complexity index is 325. The predicted molar refractivity (Wildman–Crippen MR) is 46.0 cm³/mol. The van der Waals surface area contributed by atoms with Gasteiger partial charge >= 0.3 is 5.78 Å². The molecule has 0 radical (unpaired) electrons. The first-order chi connectivity index (χ1) is 5.57. The van der Waals surface area contributed by atoms with Gasteiger partial charge in [0.15, 0.2) is 11.5 Å². The van der Waals surface area contributed by atoms with E-state index in [1.807, 2.05) is 22.2 Å². The molecule has 2 rings (SSSR count). The third kappa shape index (κ3) is 1.25. The van der Waals surface area contributed by atoms with Gasteiger partial charge in [0.05, 0.1) is 0 Å². The maximum absolute atomic E-state index is 13.1. The van der Waals surface area contributed by atoms with Crippen LogP contribution < -0.4 is 9.47 Å². The first-order valence-corrected chi connectivity index (χ1v) is 4.11. The van der Waals surface area contributed by atoms with Crippen molar-refractivity contribution in [3.05, 3.63) is 23.8 Å². The molecule has 0 saturated heterocycles. The Labute approximate surface area is 71.9 Å². The largest absolute Gasteiger partial charge is 0.420 e. The van der Waals surface area contributed by atoms with Gasteiger partial charge in [-0.15, -0.1) is 0 Å². The van der Waals surface area contributed by atoms with Crippen molar-refractivity contribution in [1.82, 2.24) is 0 Å². The minimum atomic E-state index is -2.09. The van der Waals surface area contributed by atoms with Crippen LogP contribution in [0.25, 0.3) is 0 Å². The Morgan fingerprint density at radius 1 is 1.33 bits per heavy atom. The van der Waals surface area contributed by atoms with Crippen LogP contribution in [0.2, 0.25) is 0 Å². The van der Waals surface area contributed by atoms with Gasteiger partial charge in [0.25, 0.3) is 0 Å². The van der Waals surface area contributed by atoms with E-state index in [1.54, 1.807) is 12.1 Å². The minimum Gasteiger partial charge on any atom is -0.420 e. The fraction of sp³-hybridized carbons (Fsp3) is 0.250. The van der Waals surface area contributed by atoms with Gasteiger partial charge in [-0.25, -0.2) is 0 Å². The van der Waals surface area contributed by atoms with Gasteiger partial charge < -0.3 is 9.47 Å². The first kappa shape index (κ1) is 7.81. The molecule has 1 aromatic rings. The molecule has 0 amide bonds. The van der Waals surface area contributed by atoms with Crippen LogP contribution in [-0.2, 0) is 0 Å². The van der Waals surface area contributed by atoms with E-state index in [2.05, 4.69) is 0 Å². The van der Waals surface area contributed by atoms with Crippen molar-refractivity contribution in [2.24, 2.45) is 0 Å². The molecule has 1 aliphatic heterocycles. The number of rotatable bonds is 0. The quantitative estimate of drug-likeness (QED) is 0.578. The van der Waals surface area contributed by atoms with Crippen molar-refractivity contribution in [2.75, 3.05) is 0 Å². The van der Waals surface area contributed by atoms with E-state index >= 15 is 0 Å². The van der Waals surface area contributed by atoms with Gasteiger partial charge in [0.2, 0.25) is 0 Å². The molecule has 0 spiro atoms. The molecule has 4 heteroatoms. The van der Waals surface area contributed by atoms with E-state index in [-0.39, 0.29) is 0 Å². The van der Waals surface area contributed by atoms with Gasteiger partial charge in [0, 0.05) is 0 Å². The Kier molecular flexibility index (Phi) is 1.52. The predicted octanol–water partition coefficient (Wildman–Crippen LogP) is 2.22. The van der Waals surface area contributed by atoms with Gasteiger partial charge in [-0.3, -0.25) is 0 Å². The molecule has 0 bridgehead atoms. The molecule has 12 heavy (non-hydrogen) atoms. The fourth-order valence-corrected chi connectivity index (χ4v) is 1.35. The number of ether oxygens (including phenoxy) is 2. The van der Waals surface area contributed by atoms with Crippen LogP contribution in [0.1, 0.15) is 5.56 Å². The summed E-state index contributed by atoms with van der Waals surface area (Å²) in [6.07, 6.45) is 0. The van der Waals surface area contributed by atoms with E-state index in [9.17, 15) is 4.39 Å². The first-order valence-electron chi connectivity index (χ1n) is 3.53. The van der Waals surface area contributed by atoms with E-state index in [0.717, 1.165) is 5.56 Å². The van der Waals surface area contributed by atoms with Crippen LogP contribution in [0.4, 0.5) is 4.39 Å². The lowest BCUT2D eigenvalue weighted by atomic mass is 10.2. The zero-order valence-electron chi connectivity index (χ0n) is 6.50. The summed E-state index contributed by atoms with van der Waals surface area (Å²) in [6, 6.07) is 5.27. The van der Waals surface area contributed by atoms with Crippen molar-refractivity contribution in [2.45, 2.75) is 12.7 Å². The lowest BCUT2D eigenvalue weighted by molar-refractivity contribution is -0.104. The molecule has 1 aliphatic rings. The highest BCUT2D eigenvalue weighted by Gasteiger charge is 2.36. The second kappa shape index (κ2) is 2.33. The van der Waals surface area contributed by atoms with Gasteiger partial charge in [-0.05, 0) is 33.9 Å². The maximum Gasteiger partial charge on any atom is 0.418 e. The lowest BCUT2D eigenvalue weighted by Gasteiger charge is -2.10. The minimum absolute atomic E-state index is 0.443. The topological polar surface area (TPSA) is 18.5 Å². The number of fused-ring (bicyclic) bond motifs is 1. The maximum atomic E-state index is 13.1. The third-order valence-electron chi connectivity index (χ3n) is 1.60. The highest BCUT2D eigenvalue weighted by atomic mass is 31.0. The average molecular weight is 186 g/mol. The second-order valence-electron chi connectivity index (χ2n) is 2.74. The summed E-state index contributed by atoms with van der Waals surface area (Å²) >= 11 is 0. The van der Waals surface area contributed by atoms with Crippen LogP contribution in [0.5, 0.6) is 11.5 Å². The van der Waals surface area contributed by atoms with Crippen LogP contribution in [0, 0.1) is 6.92 Å². The van der Waals surface area contributed by atoms with Gasteiger partial charge in [0.1, 0.15) is 0 Å². The van der Waals surface area contributed by atoms with E-state index < -0.39 is 5.78 Å². The molecule has 0 N–H and O–H groups in total. The van der Waals surface area contributed by atoms with E-state index in [1.165, 1.54) is 0 Å². The molecule has 2 atom stereocenters. The van der Waals surface area contributed by atoms with Crippen LogP contribution in [0.15, 0.2) is 18.2 Å². The Hall–Kier alpha value is -0.820. The summed E-state index contributed by atoms with van der Waals surface area (Å²) in [4.78, 5) is 0. The second-order valence-corrected chi connectivity index (χ2v) is 3.43. The number of halogens is 1. The Morgan fingerprint density at radius 3 is 2.75 bits per heavy atom. The third-order valence-corrected chi connectivity index (χ3v) is 1.83. The monoisotopic (exact) mass is 186 g/mol. The molecule has 0 aromatic heterocycles.